The molecule has 0 aliphatic rings. The number of carbonyl (C=O) groups is 1. The van der Waals surface area contributed by atoms with Crippen LogP contribution in [0, 0.1) is 0 Å². The molecule has 1 heterocycles. The molecule has 0 saturated carbocycles. The molecule has 1 aromatic carbocycles. The number of carbonyl (C=O) groups excluding carboxylic acids is 1. The van der Waals surface area contributed by atoms with E-state index >= 15 is 0 Å². The van der Waals surface area contributed by atoms with Gasteiger partial charge in [-0.3, -0.25) is 4.98 Å². The standard InChI is InChI=1S/C19H21NO3/c1-19(2,3)23-18(21)10-9-16-11-17(13-20-12-16)22-14-15-7-5-4-6-8-15/h4-13H,14H2,1-3H3/b10-9+. The van der Waals surface area contributed by atoms with Crippen LogP contribution in [0.2, 0.25) is 0 Å². The Morgan fingerprint density at radius 2 is 1.91 bits per heavy atom. The first-order valence-electron chi connectivity index (χ1n) is 7.45. The van der Waals surface area contributed by atoms with E-state index in [1.807, 2.05) is 57.2 Å². The second-order valence-electron chi connectivity index (χ2n) is 6.10. The van der Waals surface area contributed by atoms with E-state index in [0.717, 1.165) is 11.1 Å². The molecule has 0 radical (unpaired) electrons. The van der Waals surface area contributed by atoms with Crippen molar-refractivity contribution in [2.45, 2.75) is 33.0 Å². The van der Waals surface area contributed by atoms with Crippen LogP contribution in [0.25, 0.3) is 6.08 Å². The van der Waals surface area contributed by atoms with Gasteiger partial charge in [0.15, 0.2) is 0 Å². The lowest BCUT2D eigenvalue weighted by Crippen LogP contribution is -2.22. The molecule has 4 heteroatoms. The lowest BCUT2D eigenvalue weighted by atomic mass is 10.2. The topological polar surface area (TPSA) is 48.4 Å². The minimum atomic E-state index is -0.500. The van der Waals surface area contributed by atoms with Gasteiger partial charge in [-0.25, -0.2) is 4.79 Å². The Morgan fingerprint density at radius 3 is 2.61 bits per heavy atom. The van der Waals surface area contributed by atoms with Crippen molar-refractivity contribution in [2.75, 3.05) is 0 Å². The van der Waals surface area contributed by atoms with Gasteiger partial charge in [-0.1, -0.05) is 30.3 Å². The molecule has 0 aliphatic heterocycles. The SMILES string of the molecule is CC(C)(C)OC(=O)/C=C/c1cncc(OCc2ccccc2)c1. The molecule has 0 saturated heterocycles. The van der Waals surface area contributed by atoms with Crippen molar-refractivity contribution in [3.8, 4) is 5.75 Å². The third-order valence-electron chi connectivity index (χ3n) is 2.80. The van der Waals surface area contributed by atoms with Crippen molar-refractivity contribution in [1.29, 1.82) is 0 Å². The fourth-order valence-electron chi connectivity index (χ4n) is 1.85. The van der Waals surface area contributed by atoms with Crippen LogP contribution in [0.1, 0.15) is 31.9 Å². The summed E-state index contributed by atoms with van der Waals surface area (Å²) in [6.45, 7) is 5.97. The largest absolute Gasteiger partial charge is 0.487 e. The lowest BCUT2D eigenvalue weighted by molar-refractivity contribution is -0.148. The summed E-state index contributed by atoms with van der Waals surface area (Å²) in [7, 11) is 0. The first-order chi connectivity index (χ1) is 10.9. The Morgan fingerprint density at radius 1 is 1.17 bits per heavy atom. The Kier molecular flexibility index (Phi) is 5.52. The highest BCUT2D eigenvalue weighted by Crippen LogP contribution is 2.15. The van der Waals surface area contributed by atoms with Gasteiger partial charge in [0.1, 0.15) is 18.0 Å². The molecule has 0 atom stereocenters. The molecule has 0 spiro atoms. The zero-order chi connectivity index (χ0) is 16.7. The molecule has 0 aliphatic carbocycles. The highest BCUT2D eigenvalue weighted by Gasteiger charge is 2.13. The van der Waals surface area contributed by atoms with Gasteiger partial charge in [0.05, 0.1) is 6.20 Å². The number of aromatic nitrogens is 1. The molecule has 0 unspecified atom stereocenters. The summed E-state index contributed by atoms with van der Waals surface area (Å²) in [6.07, 6.45) is 6.36. The van der Waals surface area contributed by atoms with E-state index in [1.54, 1.807) is 18.5 Å². The average molecular weight is 311 g/mol. The second kappa shape index (κ2) is 7.58. The maximum Gasteiger partial charge on any atom is 0.331 e. The van der Waals surface area contributed by atoms with Crippen LogP contribution in [0.3, 0.4) is 0 Å². The quantitative estimate of drug-likeness (QED) is 0.618. The highest BCUT2D eigenvalue weighted by molar-refractivity contribution is 5.87. The Bertz CT molecular complexity index is 673. The minimum absolute atomic E-state index is 0.381. The molecule has 120 valence electrons. The van der Waals surface area contributed by atoms with Gasteiger partial charge in [-0.15, -0.1) is 0 Å². The van der Waals surface area contributed by atoms with E-state index in [1.165, 1.54) is 6.08 Å². The summed E-state index contributed by atoms with van der Waals surface area (Å²) in [5.41, 5.74) is 1.36. The Labute approximate surface area is 136 Å². The molecular formula is C19H21NO3. The van der Waals surface area contributed by atoms with Gasteiger partial charge in [-0.2, -0.15) is 0 Å². The van der Waals surface area contributed by atoms with E-state index in [4.69, 9.17) is 9.47 Å². The van der Waals surface area contributed by atoms with Gasteiger partial charge in [0, 0.05) is 12.3 Å². The van der Waals surface area contributed by atoms with E-state index in [2.05, 4.69) is 4.98 Å². The predicted octanol–water partition coefficient (Wildman–Crippen LogP) is 4.02. The smallest absolute Gasteiger partial charge is 0.331 e. The minimum Gasteiger partial charge on any atom is -0.487 e. The second-order valence-corrected chi connectivity index (χ2v) is 6.10. The monoisotopic (exact) mass is 311 g/mol. The van der Waals surface area contributed by atoms with Crippen molar-refractivity contribution >= 4 is 12.0 Å². The highest BCUT2D eigenvalue weighted by atomic mass is 16.6. The number of pyridine rings is 1. The Balaban J connectivity index is 1.95. The van der Waals surface area contributed by atoms with Crippen molar-refractivity contribution in [2.24, 2.45) is 0 Å². The average Bonchev–Trinajstić information content (AvgIpc) is 2.51. The van der Waals surface area contributed by atoms with Crippen LogP contribution < -0.4 is 4.74 Å². The van der Waals surface area contributed by atoms with E-state index in [0.29, 0.717) is 12.4 Å². The summed E-state index contributed by atoms with van der Waals surface area (Å²) in [6, 6.07) is 11.7. The third-order valence-corrected chi connectivity index (χ3v) is 2.80. The van der Waals surface area contributed by atoms with Crippen LogP contribution in [-0.2, 0) is 16.1 Å². The van der Waals surface area contributed by atoms with Gasteiger partial charge in [-0.05, 0) is 44.0 Å². The van der Waals surface area contributed by atoms with Crippen LogP contribution in [0.5, 0.6) is 5.75 Å². The number of esters is 1. The van der Waals surface area contributed by atoms with Gasteiger partial charge < -0.3 is 9.47 Å². The van der Waals surface area contributed by atoms with Crippen LogP contribution >= 0.6 is 0 Å². The molecule has 2 rings (SSSR count). The summed E-state index contributed by atoms with van der Waals surface area (Å²) in [5.74, 6) is 0.272. The van der Waals surface area contributed by atoms with Crippen molar-refractivity contribution in [1.82, 2.24) is 4.98 Å². The van der Waals surface area contributed by atoms with Gasteiger partial charge in [0.2, 0.25) is 0 Å². The number of hydrogen-bond donors (Lipinski definition) is 0. The van der Waals surface area contributed by atoms with Crippen LogP contribution in [-0.4, -0.2) is 16.6 Å². The predicted molar refractivity (Wildman–Crippen MR) is 89.9 cm³/mol. The molecular weight excluding hydrogens is 290 g/mol. The molecule has 0 N–H and O–H groups in total. The fraction of sp³-hybridized carbons (Fsp3) is 0.263. The molecule has 0 fully saturated rings. The number of ether oxygens (including phenoxy) is 2. The summed E-state index contributed by atoms with van der Waals surface area (Å²) >= 11 is 0. The number of rotatable bonds is 5. The number of hydrogen-bond acceptors (Lipinski definition) is 4. The first kappa shape index (κ1) is 16.7. The van der Waals surface area contributed by atoms with Crippen LogP contribution in [0.15, 0.2) is 54.9 Å². The van der Waals surface area contributed by atoms with Crippen molar-refractivity contribution in [3.63, 3.8) is 0 Å². The molecule has 1 aromatic heterocycles. The molecule has 23 heavy (non-hydrogen) atoms. The molecule has 4 nitrogen and oxygen atoms in total. The number of benzene rings is 1. The fourth-order valence-corrected chi connectivity index (χ4v) is 1.85. The normalized spacial score (nSPS) is 11.4. The summed E-state index contributed by atoms with van der Waals surface area (Å²) < 4.78 is 10.9. The summed E-state index contributed by atoms with van der Waals surface area (Å²) in [5, 5.41) is 0. The maximum atomic E-state index is 11.7. The Hall–Kier alpha value is -2.62. The maximum absolute atomic E-state index is 11.7. The van der Waals surface area contributed by atoms with E-state index < -0.39 is 5.60 Å². The number of nitrogens with zero attached hydrogens (tertiary/aromatic N) is 1. The van der Waals surface area contributed by atoms with Crippen molar-refractivity contribution < 1.29 is 14.3 Å². The van der Waals surface area contributed by atoms with E-state index in [-0.39, 0.29) is 5.97 Å². The van der Waals surface area contributed by atoms with Crippen molar-refractivity contribution in [3.05, 3.63) is 66.0 Å². The lowest BCUT2D eigenvalue weighted by Gasteiger charge is -2.17. The molecule has 0 amide bonds. The van der Waals surface area contributed by atoms with Crippen LogP contribution in [0.4, 0.5) is 0 Å². The molecule has 2 aromatic rings. The van der Waals surface area contributed by atoms with Gasteiger partial charge in [0.25, 0.3) is 0 Å². The third kappa shape index (κ3) is 6.34. The van der Waals surface area contributed by atoms with Gasteiger partial charge >= 0.3 is 5.97 Å². The summed E-state index contributed by atoms with van der Waals surface area (Å²) in [4.78, 5) is 15.8. The zero-order valence-electron chi connectivity index (χ0n) is 13.7. The van der Waals surface area contributed by atoms with E-state index in [9.17, 15) is 4.79 Å². The zero-order valence-corrected chi connectivity index (χ0v) is 13.7. The first-order valence-corrected chi connectivity index (χ1v) is 7.45. The molecule has 0 bridgehead atoms.